The Morgan fingerprint density at radius 2 is 1.83 bits per heavy atom. The molecule has 0 aliphatic carbocycles. The van der Waals surface area contributed by atoms with Crippen molar-refractivity contribution < 1.29 is 9.47 Å². The molecule has 0 aromatic heterocycles. The molecule has 0 aliphatic heterocycles. The highest BCUT2D eigenvalue weighted by atomic mass is 16.5. The van der Waals surface area contributed by atoms with Crippen LogP contribution in [-0.4, -0.2) is 19.3 Å². The number of rotatable bonds is 6. The smallest absolute Gasteiger partial charge is 0.211 e. The van der Waals surface area contributed by atoms with Gasteiger partial charge >= 0.3 is 0 Å². The number of ether oxygens (including phenoxy) is 2. The van der Waals surface area contributed by atoms with Crippen molar-refractivity contribution in [1.82, 2.24) is 0 Å². The second kappa shape index (κ2) is 7.84. The summed E-state index contributed by atoms with van der Waals surface area (Å²) >= 11 is 0. The maximum atomic E-state index is 5.81. The van der Waals surface area contributed by atoms with Crippen molar-refractivity contribution in [3.05, 3.63) is 59.2 Å². The molecule has 0 atom stereocenters. The first-order valence-corrected chi connectivity index (χ1v) is 7.07. The van der Waals surface area contributed by atoms with Crippen LogP contribution in [0.1, 0.15) is 16.7 Å². The third-order valence-electron chi connectivity index (χ3n) is 3.08. The van der Waals surface area contributed by atoms with Crippen LogP contribution in [0.15, 0.2) is 52.7 Å². The molecule has 0 bridgehead atoms. The van der Waals surface area contributed by atoms with E-state index in [1.165, 1.54) is 11.8 Å². The SMILES string of the molecule is COc1cc(/C=N\N=C(N)N)ccc1OCc1ccc(C)cc1. The maximum absolute atomic E-state index is 5.81. The van der Waals surface area contributed by atoms with Gasteiger partial charge in [-0.05, 0) is 36.2 Å². The molecule has 120 valence electrons. The van der Waals surface area contributed by atoms with Gasteiger partial charge in [0.1, 0.15) is 6.61 Å². The van der Waals surface area contributed by atoms with Crippen LogP contribution in [0.5, 0.6) is 11.5 Å². The van der Waals surface area contributed by atoms with Gasteiger partial charge in [-0.3, -0.25) is 0 Å². The third kappa shape index (κ3) is 5.03. The lowest BCUT2D eigenvalue weighted by molar-refractivity contribution is 0.284. The zero-order chi connectivity index (χ0) is 16.7. The van der Waals surface area contributed by atoms with E-state index in [-0.39, 0.29) is 5.96 Å². The van der Waals surface area contributed by atoms with Crippen LogP contribution in [0.4, 0.5) is 0 Å². The number of methoxy groups -OCH3 is 1. The quantitative estimate of drug-likeness (QED) is 0.485. The number of nitrogens with zero attached hydrogens (tertiary/aromatic N) is 2. The average Bonchev–Trinajstić information content (AvgIpc) is 2.54. The van der Waals surface area contributed by atoms with Gasteiger partial charge in [0.15, 0.2) is 11.5 Å². The van der Waals surface area contributed by atoms with Crippen molar-refractivity contribution in [3.8, 4) is 11.5 Å². The number of hydrogen-bond acceptors (Lipinski definition) is 4. The number of nitrogens with two attached hydrogens (primary N) is 2. The summed E-state index contributed by atoms with van der Waals surface area (Å²) in [4.78, 5) is 0. The van der Waals surface area contributed by atoms with Crippen molar-refractivity contribution in [1.29, 1.82) is 0 Å². The fourth-order valence-corrected chi connectivity index (χ4v) is 1.89. The molecule has 6 heteroatoms. The second-order valence-electron chi connectivity index (χ2n) is 4.95. The van der Waals surface area contributed by atoms with Gasteiger partial charge in [0.2, 0.25) is 5.96 Å². The van der Waals surface area contributed by atoms with E-state index < -0.39 is 0 Å². The van der Waals surface area contributed by atoms with Gasteiger partial charge < -0.3 is 20.9 Å². The molecule has 0 fully saturated rings. The van der Waals surface area contributed by atoms with Crippen LogP contribution in [-0.2, 0) is 6.61 Å². The molecule has 23 heavy (non-hydrogen) atoms. The molecule has 2 aromatic rings. The lowest BCUT2D eigenvalue weighted by atomic mass is 10.2. The van der Waals surface area contributed by atoms with Crippen molar-refractivity contribution in [2.24, 2.45) is 21.7 Å². The summed E-state index contributed by atoms with van der Waals surface area (Å²) in [5, 5.41) is 7.32. The molecule has 4 N–H and O–H groups in total. The Kier molecular flexibility index (Phi) is 5.57. The summed E-state index contributed by atoms with van der Waals surface area (Å²) in [6, 6.07) is 13.7. The predicted molar refractivity (Wildman–Crippen MR) is 91.9 cm³/mol. The standard InChI is InChI=1S/C17H20N4O2/c1-12-3-5-13(6-4-12)11-23-15-8-7-14(9-16(15)22-2)10-20-21-17(18)19/h3-10H,11H2,1-2H3,(H4,18,19,21)/b20-10-. The summed E-state index contributed by atoms with van der Waals surface area (Å²) in [6.45, 7) is 2.52. The first-order chi connectivity index (χ1) is 11.1. The first-order valence-electron chi connectivity index (χ1n) is 7.07. The molecule has 0 aliphatic rings. The van der Waals surface area contributed by atoms with E-state index in [4.69, 9.17) is 20.9 Å². The molecule has 0 radical (unpaired) electrons. The number of guanidine groups is 1. The third-order valence-corrected chi connectivity index (χ3v) is 3.08. The van der Waals surface area contributed by atoms with E-state index >= 15 is 0 Å². The zero-order valence-corrected chi connectivity index (χ0v) is 13.2. The van der Waals surface area contributed by atoms with Gasteiger partial charge in [-0.15, -0.1) is 5.10 Å². The van der Waals surface area contributed by atoms with Gasteiger partial charge in [-0.25, -0.2) is 0 Å². The van der Waals surface area contributed by atoms with E-state index in [0.717, 1.165) is 11.1 Å². The molecule has 6 nitrogen and oxygen atoms in total. The second-order valence-corrected chi connectivity index (χ2v) is 4.95. The number of hydrogen-bond donors (Lipinski definition) is 2. The zero-order valence-electron chi connectivity index (χ0n) is 13.2. The first kappa shape index (κ1) is 16.4. The van der Waals surface area contributed by atoms with Crippen molar-refractivity contribution >= 4 is 12.2 Å². The molecule has 2 rings (SSSR count). The topological polar surface area (TPSA) is 95.2 Å². The minimum atomic E-state index is -0.0914. The Morgan fingerprint density at radius 1 is 1.09 bits per heavy atom. The van der Waals surface area contributed by atoms with Gasteiger partial charge in [0.25, 0.3) is 0 Å². The van der Waals surface area contributed by atoms with Crippen molar-refractivity contribution in [2.75, 3.05) is 7.11 Å². The molecule has 0 saturated carbocycles. The fourth-order valence-electron chi connectivity index (χ4n) is 1.89. The van der Waals surface area contributed by atoms with Crippen LogP contribution in [0.2, 0.25) is 0 Å². The lowest BCUT2D eigenvalue weighted by Crippen LogP contribution is -2.21. The van der Waals surface area contributed by atoms with Crippen LogP contribution >= 0.6 is 0 Å². The predicted octanol–water partition coefficient (Wildman–Crippen LogP) is 2.19. The Labute approximate surface area is 135 Å². The summed E-state index contributed by atoms with van der Waals surface area (Å²) in [7, 11) is 1.59. The van der Waals surface area contributed by atoms with E-state index in [2.05, 4.69) is 29.3 Å². The highest BCUT2D eigenvalue weighted by Gasteiger charge is 2.05. The van der Waals surface area contributed by atoms with Gasteiger partial charge in [0.05, 0.1) is 13.3 Å². The normalized spacial score (nSPS) is 10.5. The average molecular weight is 312 g/mol. The van der Waals surface area contributed by atoms with E-state index in [0.29, 0.717) is 18.1 Å². The van der Waals surface area contributed by atoms with Crippen LogP contribution in [0, 0.1) is 6.92 Å². The van der Waals surface area contributed by atoms with Gasteiger partial charge in [-0.2, -0.15) is 5.10 Å². The van der Waals surface area contributed by atoms with Crippen molar-refractivity contribution in [2.45, 2.75) is 13.5 Å². The fraction of sp³-hybridized carbons (Fsp3) is 0.176. The van der Waals surface area contributed by atoms with Crippen LogP contribution in [0.25, 0.3) is 0 Å². The molecule has 0 heterocycles. The molecular weight excluding hydrogens is 292 g/mol. The number of aryl methyl sites for hydroxylation is 1. The van der Waals surface area contributed by atoms with Crippen LogP contribution in [0.3, 0.4) is 0 Å². The molecule has 0 saturated heterocycles. The Morgan fingerprint density at radius 3 is 2.48 bits per heavy atom. The largest absolute Gasteiger partial charge is 0.493 e. The summed E-state index contributed by atoms with van der Waals surface area (Å²) in [5.41, 5.74) is 13.5. The van der Waals surface area contributed by atoms with Gasteiger partial charge in [0, 0.05) is 0 Å². The van der Waals surface area contributed by atoms with E-state index in [1.807, 2.05) is 24.3 Å². The van der Waals surface area contributed by atoms with E-state index in [9.17, 15) is 0 Å². The Bertz CT molecular complexity index is 705. The Balaban J connectivity index is 2.08. The van der Waals surface area contributed by atoms with Crippen molar-refractivity contribution in [3.63, 3.8) is 0 Å². The van der Waals surface area contributed by atoms with E-state index in [1.54, 1.807) is 13.2 Å². The summed E-state index contributed by atoms with van der Waals surface area (Å²) in [5.74, 6) is 1.18. The highest BCUT2D eigenvalue weighted by molar-refractivity contribution is 5.82. The molecule has 2 aromatic carbocycles. The minimum absolute atomic E-state index is 0.0914. The Hall–Kier alpha value is -3.02. The molecule has 0 unspecified atom stereocenters. The monoisotopic (exact) mass is 312 g/mol. The molecule has 0 spiro atoms. The molecular formula is C17H20N4O2. The minimum Gasteiger partial charge on any atom is -0.493 e. The summed E-state index contributed by atoms with van der Waals surface area (Å²) in [6.07, 6.45) is 1.53. The highest BCUT2D eigenvalue weighted by Crippen LogP contribution is 2.28. The van der Waals surface area contributed by atoms with Gasteiger partial charge in [-0.1, -0.05) is 29.8 Å². The summed E-state index contributed by atoms with van der Waals surface area (Å²) < 4.78 is 11.2. The lowest BCUT2D eigenvalue weighted by Gasteiger charge is -2.11. The maximum Gasteiger partial charge on any atom is 0.211 e. The number of benzene rings is 2. The van der Waals surface area contributed by atoms with Crippen LogP contribution < -0.4 is 20.9 Å². The molecule has 0 amide bonds.